The van der Waals surface area contributed by atoms with Crippen LogP contribution < -0.4 is 9.75 Å². The zero-order valence-electron chi connectivity index (χ0n) is 22.8. The molecular formula is C33H35N2OSi+. The Labute approximate surface area is 220 Å². The Morgan fingerprint density at radius 1 is 0.919 bits per heavy atom. The highest BCUT2D eigenvalue weighted by Gasteiger charge is 2.30. The van der Waals surface area contributed by atoms with Crippen molar-refractivity contribution in [2.75, 3.05) is 0 Å². The Morgan fingerprint density at radius 3 is 2.35 bits per heavy atom. The Kier molecular flexibility index (Phi) is 5.54. The fourth-order valence-electron chi connectivity index (χ4n) is 6.37. The van der Waals surface area contributed by atoms with E-state index in [-0.39, 0.29) is 0 Å². The summed E-state index contributed by atoms with van der Waals surface area (Å²) in [6.45, 7) is 19.2. The maximum absolute atomic E-state index is 7.45. The summed E-state index contributed by atoms with van der Waals surface area (Å²) in [5, 5.41) is 5.08. The minimum Gasteiger partial charge on any atom is -0.456 e. The van der Waals surface area contributed by atoms with Crippen molar-refractivity contribution in [2.45, 2.75) is 65.1 Å². The highest BCUT2D eigenvalue weighted by molar-refractivity contribution is 6.90. The molecule has 0 aliphatic heterocycles. The lowest BCUT2D eigenvalue weighted by Gasteiger charge is -2.21. The van der Waals surface area contributed by atoms with E-state index in [2.05, 4.69) is 80.3 Å². The van der Waals surface area contributed by atoms with E-state index >= 15 is 0 Å². The second kappa shape index (κ2) is 8.57. The minimum absolute atomic E-state index is 0.610. The molecule has 3 nitrogen and oxygen atoms in total. The Hall–Kier alpha value is -3.42. The molecule has 186 valence electrons. The molecule has 1 fully saturated rings. The van der Waals surface area contributed by atoms with Crippen LogP contribution in [0.3, 0.4) is 0 Å². The molecule has 0 atom stereocenters. The van der Waals surface area contributed by atoms with Crippen LogP contribution in [-0.2, 0) is 7.05 Å². The number of benzene rings is 3. The van der Waals surface area contributed by atoms with Crippen LogP contribution in [0.5, 0.6) is 0 Å². The van der Waals surface area contributed by atoms with Crippen LogP contribution in [-0.4, -0.2) is 8.07 Å². The van der Waals surface area contributed by atoms with Crippen LogP contribution >= 0.6 is 0 Å². The predicted molar refractivity (Wildman–Crippen MR) is 158 cm³/mol. The van der Waals surface area contributed by atoms with Gasteiger partial charge < -0.3 is 4.42 Å². The number of hydrogen-bond acceptors (Lipinski definition) is 1. The highest BCUT2D eigenvalue weighted by atomic mass is 28.3. The van der Waals surface area contributed by atoms with Crippen molar-refractivity contribution in [3.8, 4) is 11.3 Å². The molecule has 6 rings (SSSR count). The minimum atomic E-state index is -1.65. The molecule has 5 aromatic rings. The molecule has 2 aromatic heterocycles. The van der Waals surface area contributed by atoms with E-state index < -0.39 is 8.07 Å². The van der Waals surface area contributed by atoms with E-state index in [9.17, 15) is 0 Å². The van der Waals surface area contributed by atoms with Gasteiger partial charge in [0.05, 0.1) is 20.2 Å². The standard InChI is InChI=1S/C33H35N2OSi/c1-20-16-27-25-15-13-24(34-3)18-30(25)36-33(27)32(21(20)2)29-19-31(37(5,6)7)26-14-12-23(17-28(26)35(29)4)22-10-8-9-11-22/h12-19,22H,8-11H2,1-2,4-7H3/q+1. The average Bonchev–Trinajstić information content (AvgIpc) is 3.53. The highest BCUT2D eigenvalue weighted by Crippen LogP contribution is 2.40. The second-order valence-corrected chi connectivity index (χ2v) is 17.0. The van der Waals surface area contributed by atoms with Gasteiger partial charge in [-0.15, -0.1) is 0 Å². The number of fused-ring (bicyclic) bond motifs is 4. The molecule has 1 aliphatic rings. The molecule has 0 saturated heterocycles. The van der Waals surface area contributed by atoms with Gasteiger partial charge >= 0.3 is 0 Å². The van der Waals surface area contributed by atoms with Gasteiger partial charge in [-0.1, -0.05) is 50.7 Å². The summed E-state index contributed by atoms with van der Waals surface area (Å²) in [6, 6.07) is 17.8. The molecule has 2 heterocycles. The lowest BCUT2D eigenvalue weighted by molar-refractivity contribution is -0.633. The summed E-state index contributed by atoms with van der Waals surface area (Å²) in [7, 11) is 0.566. The molecule has 37 heavy (non-hydrogen) atoms. The van der Waals surface area contributed by atoms with Gasteiger partial charge in [0.15, 0.2) is 5.69 Å². The van der Waals surface area contributed by atoms with Gasteiger partial charge in [0.1, 0.15) is 18.2 Å². The zero-order chi connectivity index (χ0) is 26.1. The number of furan rings is 1. The molecule has 0 N–H and O–H groups in total. The number of hydrogen-bond donors (Lipinski definition) is 0. The van der Waals surface area contributed by atoms with Crippen molar-refractivity contribution in [3.63, 3.8) is 0 Å². The normalized spacial score (nSPS) is 14.7. The van der Waals surface area contributed by atoms with E-state index in [1.54, 1.807) is 0 Å². The molecule has 0 radical (unpaired) electrons. The third-order valence-electron chi connectivity index (χ3n) is 8.60. The van der Waals surface area contributed by atoms with E-state index in [1.165, 1.54) is 69.7 Å². The fraction of sp³-hybridized carbons (Fsp3) is 0.333. The van der Waals surface area contributed by atoms with E-state index in [1.807, 2.05) is 18.2 Å². The lowest BCUT2D eigenvalue weighted by Crippen LogP contribution is -2.43. The molecule has 0 spiro atoms. The molecule has 0 bridgehead atoms. The van der Waals surface area contributed by atoms with Crippen LogP contribution in [0.1, 0.15) is 48.3 Å². The number of aromatic nitrogens is 1. The summed E-state index contributed by atoms with van der Waals surface area (Å²) < 4.78 is 8.97. The molecule has 0 amide bonds. The van der Waals surface area contributed by atoms with Gasteiger partial charge in [0, 0.05) is 28.3 Å². The largest absolute Gasteiger partial charge is 0.456 e. The maximum Gasteiger partial charge on any atom is 0.216 e. The molecule has 4 heteroatoms. The monoisotopic (exact) mass is 503 g/mol. The maximum atomic E-state index is 7.45. The van der Waals surface area contributed by atoms with E-state index in [0.29, 0.717) is 11.6 Å². The SMILES string of the molecule is [C-]#[N+]c1ccc2c(c1)oc1c(-c3cc([Si](C)(C)C)c4ccc(C5CCCC5)cc4[n+]3C)c(C)c(C)cc12. The lowest BCUT2D eigenvalue weighted by atomic mass is 9.94. The molecular weight excluding hydrogens is 468 g/mol. The van der Waals surface area contributed by atoms with E-state index in [0.717, 1.165) is 21.9 Å². The summed E-state index contributed by atoms with van der Waals surface area (Å²) in [6.07, 6.45) is 5.30. The summed E-state index contributed by atoms with van der Waals surface area (Å²) in [5.41, 5.74) is 10.0. The second-order valence-electron chi connectivity index (χ2n) is 12.0. The Morgan fingerprint density at radius 2 is 1.65 bits per heavy atom. The topological polar surface area (TPSA) is 21.4 Å². The first kappa shape index (κ1) is 23.9. The Bertz CT molecular complexity index is 1760. The fourth-order valence-corrected chi connectivity index (χ4v) is 7.96. The van der Waals surface area contributed by atoms with Crippen molar-refractivity contribution in [1.29, 1.82) is 0 Å². The van der Waals surface area contributed by atoms with Crippen LogP contribution in [0.2, 0.25) is 19.6 Å². The first-order valence-electron chi connectivity index (χ1n) is 13.5. The van der Waals surface area contributed by atoms with Crippen LogP contribution in [0.25, 0.3) is 48.9 Å². The van der Waals surface area contributed by atoms with Gasteiger partial charge in [-0.3, -0.25) is 0 Å². The van der Waals surface area contributed by atoms with Gasteiger partial charge in [-0.2, -0.15) is 4.57 Å². The zero-order valence-corrected chi connectivity index (χ0v) is 23.8. The molecule has 3 aromatic carbocycles. The molecule has 0 unspecified atom stereocenters. The summed E-state index contributed by atoms with van der Waals surface area (Å²) >= 11 is 0. The van der Waals surface area contributed by atoms with Gasteiger partial charge in [0.25, 0.3) is 0 Å². The molecule has 1 aliphatic carbocycles. The summed E-state index contributed by atoms with van der Waals surface area (Å²) in [5.74, 6) is 0.683. The third-order valence-corrected chi connectivity index (χ3v) is 10.6. The van der Waals surface area contributed by atoms with Crippen LogP contribution in [0, 0.1) is 20.4 Å². The number of pyridine rings is 1. The number of nitrogens with zero attached hydrogens (tertiary/aromatic N) is 2. The van der Waals surface area contributed by atoms with Gasteiger partial charge in [0.2, 0.25) is 11.2 Å². The van der Waals surface area contributed by atoms with Crippen molar-refractivity contribution >= 4 is 51.8 Å². The quantitative estimate of drug-likeness (QED) is 0.137. The van der Waals surface area contributed by atoms with Crippen LogP contribution in [0.15, 0.2) is 52.9 Å². The van der Waals surface area contributed by atoms with Crippen molar-refractivity contribution < 1.29 is 8.98 Å². The summed E-state index contributed by atoms with van der Waals surface area (Å²) in [4.78, 5) is 3.62. The molecule has 1 saturated carbocycles. The van der Waals surface area contributed by atoms with Crippen LogP contribution in [0.4, 0.5) is 5.69 Å². The van der Waals surface area contributed by atoms with Gasteiger partial charge in [-0.25, -0.2) is 4.85 Å². The predicted octanol–water partition coefficient (Wildman–Crippen LogP) is 8.60. The van der Waals surface area contributed by atoms with Gasteiger partial charge in [-0.05, 0) is 72.7 Å². The number of rotatable bonds is 3. The van der Waals surface area contributed by atoms with Crippen molar-refractivity contribution in [2.24, 2.45) is 7.05 Å². The number of aryl methyl sites for hydroxylation is 2. The van der Waals surface area contributed by atoms with Crippen molar-refractivity contribution in [1.82, 2.24) is 0 Å². The first-order valence-corrected chi connectivity index (χ1v) is 17.0. The smallest absolute Gasteiger partial charge is 0.216 e. The third kappa shape index (κ3) is 3.80. The first-order chi connectivity index (χ1) is 17.7. The van der Waals surface area contributed by atoms with E-state index in [4.69, 9.17) is 11.0 Å². The average molecular weight is 504 g/mol. The Balaban J connectivity index is 1.71. The van der Waals surface area contributed by atoms with Crippen molar-refractivity contribution in [3.05, 3.63) is 76.6 Å².